The van der Waals surface area contributed by atoms with E-state index < -0.39 is 6.04 Å². The number of aromatic hydroxyl groups is 1. The molecule has 1 aromatic carbocycles. The van der Waals surface area contributed by atoms with Gasteiger partial charge in [0.25, 0.3) is 0 Å². The normalized spacial score (nSPS) is 12.1. The second-order valence-electron chi connectivity index (χ2n) is 2.79. The van der Waals surface area contributed by atoms with Crippen molar-refractivity contribution < 1.29 is 5.11 Å². The van der Waals surface area contributed by atoms with Crippen LogP contribution in [0.15, 0.2) is 16.6 Å². The van der Waals surface area contributed by atoms with E-state index in [2.05, 4.69) is 15.9 Å². The molecule has 0 heterocycles. The number of phenols is 1. The Labute approximate surface area is 95.2 Å². The summed E-state index contributed by atoms with van der Waals surface area (Å²) in [6.45, 7) is 0. The van der Waals surface area contributed by atoms with E-state index in [0.717, 1.165) is 0 Å². The van der Waals surface area contributed by atoms with E-state index >= 15 is 0 Å². The van der Waals surface area contributed by atoms with Gasteiger partial charge in [0.15, 0.2) is 0 Å². The number of halogens is 2. The summed E-state index contributed by atoms with van der Waals surface area (Å²) in [6, 6.07) is 4.45. The van der Waals surface area contributed by atoms with Crippen LogP contribution in [0.25, 0.3) is 0 Å². The van der Waals surface area contributed by atoms with Crippen LogP contribution in [0.3, 0.4) is 0 Å². The summed E-state index contributed by atoms with van der Waals surface area (Å²) >= 11 is 9.00. The van der Waals surface area contributed by atoms with Gasteiger partial charge in [-0.15, -0.1) is 0 Å². The summed E-state index contributed by atoms with van der Waals surface area (Å²) in [5, 5.41) is 18.5. The first-order valence-corrected chi connectivity index (χ1v) is 5.03. The first-order valence-electron chi connectivity index (χ1n) is 3.86. The summed E-state index contributed by atoms with van der Waals surface area (Å²) in [6.07, 6.45) is 0.144. The predicted octanol–water partition coefficient (Wildman–Crippen LogP) is 2.72. The second-order valence-corrected chi connectivity index (χ2v) is 4.06. The molecule has 3 nitrogen and oxygen atoms in total. The molecule has 0 aliphatic heterocycles. The van der Waals surface area contributed by atoms with Gasteiger partial charge in [0.1, 0.15) is 5.75 Å². The van der Waals surface area contributed by atoms with Crippen molar-refractivity contribution in [1.29, 1.82) is 5.26 Å². The van der Waals surface area contributed by atoms with Crippen molar-refractivity contribution in [2.75, 3.05) is 0 Å². The number of nitrogens with two attached hydrogens (primary N) is 1. The van der Waals surface area contributed by atoms with Crippen LogP contribution in [0.4, 0.5) is 0 Å². The molecule has 74 valence electrons. The molecule has 0 aliphatic rings. The van der Waals surface area contributed by atoms with E-state index in [0.29, 0.717) is 15.1 Å². The molecule has 1 aromatic rings. The molecule has 0 saturated heterocycles. The standard InChI is InChI=1S/C9H8BrClN2O/c10-6-4-9(14)5(3-7(6)11)8(13)1-2-12/h3-4,8,14H,1,13H2. The Bertz CT molecular complexity index is 389. The minimum Gasteiger partial charge on any atom is -0.508 e. The summed E-state index contributed by atoms with van der Waals surface area (Å²) in [7, 11) is 0. The lowest BCUT2D eigenvalue weighted by Gasteiger charge is -2.11. The highest BCUT2D eigenvalue weighted by Crippen LogP contribution is 2.33. The maximum atomic E-state index is 9.53. The predicted molar refractivity (Wildman–Crippen MR) is 58.0 cm³/mol. The number of hydrogen-bond acceptors (Lipinski definition) is 3. The molecule has 0 radical (unpaired) electrons. The molecule has 3 N–H and O–H groups in total. The van der Waals surface area contributed by atoms with Crippen molar-refractivity contribution >= 4 is 27.5 Å². The molecule has 0 bridgehead atoms. The van der Waals surface area contributed by atoms with E-state index in [1.165, 1.54) is 6.07 Å². The molecular weight excluding hydrogens is 267 g/mol. The van der Waals surface area contributed by atoms with Gasteiger partial charge in [0.05, 0.1) is 17.5 Å². The molecule has 0 fully saturated rings. The largest absolute Gasteiger partial charge is 0.508 e. The molecule has 5 heteroatoms. The number of nitriles is 1. The van der Waals surface area contributed by atoms with Gasteiger partial charge in [0, 0.05) is 16.1 Å². The quantitative estimate of drug-likeness (QED) is 0.872. The SMILES string of the molecule is N#CCC(N)c1cc(Cl)c(Br)cc1O. The van der Waals surface area contributed by atoms with Crippen molar-refractivity contribution in [2.24, 2.45) is 5.73 Å². The van der Waals surface area contributed by atoms with Crippen LogP contribution in [-0.4, -0.2) is 5.11 Å². The fourth-order valence-electron chi connectivity index (χ4n) is 1.06. The van der Waals surface area contributed by atoms with E-state index in [-0.39, 0.29) is 12.2 Å². The third kappa shape index (κ3) is 2.38. The maximum absolute atomic E-state index is 9.53. The zero-order valence-electron chi connectivity index (χ0n) is 7.17. The Kier molecular flexibility index (Phi) is 3.76. The summed E-state index contributed by atoms with van der Waals surface area (Å²) in [4.78, 5) is 0. The van der Waals surface area contributed by atoms with Crippen molar-refractivity contribution in [3.05, 3.63) is 27.2 Å². The second kappa shape index (κ2) is 4.65. The lowest BCUT2D eigenvalue weighted by molar-refractivity contribution is 0.461. The van der Waals surface area contributed by atoms with Crippen LogP contribution in [0.1, 0.15) is 18.0 Å². The summed E-state index contributed by atoms with van der Waals surface area (Å²) in [5.41, 5.74) is 6.15. The van der Waals surface area contributed by atoms with E-state index in [1.54, 1.807) is 6.07 Å². The lowest BCUT2D eigenvalue weighted by atomic mass is 10.0. The minimum atomic E-state index is -0.509. The Morgan fingerprint density at radius 3 is 2.86 bits per heavy atom. The van der Waals surface area contributed by atoms with Crippen LogP contribution >= 0.6 is 27.5 Å². The maximum Gasteiger partial charge on any atom is 0.121 e. The Morgan fingerprint density at radius 2 is 2.29 bits per heavy atom. The number of hydrogen-bond donors (Lipinski definition) is 2. The zero-order valence-corrected chi connectivity index (χ0v) is 9.51. The highest BCUT2D eigenvalue weighted by atomic mass is 79.9. The molecule has 0 aliphatic carbocycles. The number of benzene rings is 1. The molecule has 0 spiro atoms. The molecule has 0 amide bonds. The molecule has 0 aromatic heterocycles. The van der Waals surface area contributed by atoms with Crippen molar-refractivity contribution in [1.82, 2.24) is 0 Å². The van der Waals surface area contributed by atoms with E-state index in [1.807, 2.05) is 6.07 Å². The topological polar surface area (TPSA) is 70.0 Å². The average molecular weight is 276 g/mol. The lowest BCUT2D eigenvalue weighted by Crippen LogP contribution is -2.09. The average Bonchev–Trinajstić information content (AvgIpc) is 2.11. The number of nitrogens with zero attached hydrogens (tertiary/aromatic N) is 1. The van der Waals surface area contributed by atoms with Gasteiger partial charge in [-0.2, -0.15) is 5.26 Å². The van der Waals surface area contributed by atoms with E-state index in [4.69, 9.17) is 22.6 Å². The molecule has 1 rings (SSSR count). The minimum absolute atomic E-state index is 0.0454. The Morgan fingerprint density at radius 1 is 1.64 bits per heavy atom. The van der Waals surface area contributed by atoms with Crippen molar-refractivity contribution in [3.8, 4) is 11.8 Å². The fraction of sp³-hybridized carbons (Fsp3) is 0.222. The van der Waals surface area contributed by atoms with Gasteiger partial charge in [-0.05, 0) is 28.1 Å². The zero-order chi connectivity index (χ0) is 10.7. The molecule has 1 unspecified atom stereocenters. The first-order chi connectivity index (χ1) is 6.56. The molecule has 0 saturated carbocycles. The van der Waals surface area contributed by atoms with Crippen molar-refractivity contribution in [2.45, 2.75) is 12.5 Å². The summed E-state index contributed by atoms with van der Waals surface area (Å²) < 4.78 is 0.601. The highest BCUT2D eigenvalue weighted by molar-refractivity contribution is 9.10. The van der Waals surface area contributed by atoms with Gasteiger partial charge >= 0.3 is 0 Å². The van der Waals surface area contributed by atoms with Gasteiger partial charge < -0.3 is 10.8 Å². The number of rotatable bonds is 2. The van der Waals surface area contributed by atoms with Crippen LogP contribution in [-0.2, 0) is 0 Å². The first kappa shape index (κ1) is 11.3. The van der Waals surface area contributed by atoms with Crippen LogP contribution in [0, 0.1) is 11.3 Å². The molecule has 1 atom stereocenters. The van der Waals surface area contributed by atoms with Crippen molar-refractivity contribution in [3.63, 3.8) is 0 Å². The third-order valence-corrected chi connectivity index (χ3v) is 2.98. The highest BCUT2D eigenvalue weighted by Gasteiger charge is 2.12. The smallest absolute Gasteiger partial charge is 0.121 e. The molecule has 14 heavy (non-hydrogen) atoms. The van der Waals surface area contributed by atoms with Gasteiger partial charge in [-0.3, -0.25) is 0 Å². The molecular formula is C9H8BrClN2O. The summed E-state index contributed by atoms with van der Waals surface area (Å²) in [5.74, 6) is 0.0454. The van der Waals surface area contributed by atoms with Crippen LogP contribution in [0.2, 0.25) is 5.02 Å². The Hall–Kier alpha value is -0.760. The fourth-order valence-corrected chi connectivity index (χ4v) is 1.56. The van der Waals surface area contributed by atoms with Crippen LogP contribution in [0.5, 0.6) is 5.75 Å². The van der Waals surface area contributed by atoms with Gasteiger partial charge in [0.2, 0.25) is 0 Å². The Balaban J connectivity index is 3.10. The van der Waals surface area contributed by atoms with Gasteiger partial charge in [-0.1, -0.05) is 11.6 Å². The van der Waals surface area contributed by atoms with Gasteiger partial charge in [-0.25, -0.2) is 0 Å². The third-order valence-electron chi connectivity index (χ3n) is 1.78. The van der Waals surface area contributed by atoms with E-state index in [9.17, 15) is 5.11 Å². The number of phenolic OH excluding ortho intramolecular Hbond substituents is 1. The monoisotopic (exact) mass is 274 g/mol. The van der Waals surface area contributed by atoms with Crippen LogP contribution < -0.4 is 5.73 Å².